The molecule has 0 atom stereocenters. The molecule has 0 heterocycles. The lowest BCUT2D eigenvalue weighted by atomic mass is 10.1. The Bertz CT molecular complexity index is 635. The number of rotatable bonds is 6. The zero-order valence-corrected chi connectivity index (χ0v) is 13.0. The van der Waals surface area contributed by atoms with Crippen LogP contribution in [0.3, 0.4) is 0 Å². The van der Waals surface area contributed by atoms with Gasteiger partial charge in [-0.1, -0.05) is 36.8 Å². The van der Waals surface area contributed by atoms with Crippen molar-refractivity contribution in [3.8, 4) is 5.75 Å². The highest BCUT2D eigenvalue weighted by Crippen LogP contribution is 2.24. The standard InChI is InChI=1S/C18H21NO3/c1-3-10-21-18(20)15-8-9-17(16(19)11-15)22-12-14-6-4-13(2)5-7-14/h4-9,11H,3,10,12,19H2,1-2H3. The number of nitrogen functional groups attached to an aromatic ring is 1. The van der Waals surface area contributed by atoms with Gasteiger partial charge in [-0.3, -0.25) is 0 Å². The summed E-state index contributed by atoms with van der Waals surface area (Å²) in [5.41, 5.74) is 9.08. The molecule has 0 saturated heterocycles. The lowest BCUT2D eigenvalue weighted by molar-refractivity contribution is 0.0505. The van der Waals surface area contributed by atoms with Gasteiger partial charge in [0.1, 0.15) is 12.4 Å². The van der Waals surface area contributed by atoms with Gasteiger partial charge in [0.2, 0.25) is 0 Å². The lowest BCUT2D eigenvalue weighted by Gasteiger charge is -2.10. The molecule has 0 radical (unpaired) electrons. The topological polar surface area (TPSA) is 61.5 Å². The average Bonchev–Trinajstić information content (AvgIpc) is 2.53. The molecule has 0 amide bonds. The van der Waals surface area contributed by atoms with Crippen molar-refractivity contribution in [2.45, 2.75) is 26.9 Å². The first-order chi connectivity index (χ1) is 10.6. The molecule has 116 valence electrons. The van der Waals surface area contributed by atoms with Crippen molar-refractivity contribution in [3.05, 3.63) is 59.2 Å². The molecule has 4 heteroatoms. The summed E-state index contributed by atoms with van der Waals surface area (Å²) >= 11 is 0. The molecule has 2 aromatic carbocycles. The van der Waals surface area contributed by atoms with Crippen LogP contribution >= 0.6 is 0 Å². The predicted octanol–water partition coefficient (Wildman–Crippen LogP) is 3.72. The maximum absolute atomic E-state index is 11.8. The second-order valence-corrected chi connectivity index (χ2v) is 5.16. The Hall–Kier alpha value is -2.49. The number of carbonyl (C=O) groups excluding carboxylic acids is 1. The fraction of sp³-hybridized carbons (Fsp3) is 0.278. The Balaban J connectivity index is 2.00. The SMILES string of the molecule is CCCOC(=O)c1ccc(OCc2ccc(C)cc2)c(N)c1. The van der Waals surface area contributed by atoms with Crippen LogP contribution < -0.4 is 10.5 Å². The first-order valence-corrected chi connectivity index (χ1v) is 7.35. The first kappa shape index (κ1) is 15.9. The highest BCUT2D eigenvalue weighted by atomic mass is 16.5. The number of hydrogen-bond acceptors (Lipinski definition) is 4. The van der Waals surface area contributed by atoms with Crippen LogP contribution in [0.15, 0.2) is 42.5 Å². The Kier molecular flexibility index (Phi) is 5.42. The van der Waals surface area contributed by atoms with Crippen molar-refractivity contribution in [3.63, 3.8) is 0 Å². The van der Waals surface area contributed by atoms with E-state index in [-0.39, 0.29) is 5.97 Å². The molecule has 22 heavy (non-hydrogen) atoms. The molecule has 4 nitrogen and oxygen atoms in total. The van der Waals surface area contributed by atoms with Gasteiger partial charge in [-0.15, -0.1) is 0 Å². The van der Waals surface area contributed by atoms with Crippen molar-refractivity contribution < 1.29 is 14.3 Å². The van der Waals surface area contributed by atoms with E-state index in [1.807, 2.05) is 38.1 Å². The van der Waals surface area contributed by atoms with E-state index in [9.17, 15) is 4.79 Å². The van der Waals surface area contributed by atoms with Crippen LogP contribution in [-0.2, 0) is 11.3 Å². The second-order valence-electron chi connectivity index (χ2n) is 5.16. The summed E-state index contributed by atoms with van der Waals surface area (Å²) < 4.78 is 10.8. The molecule has 0 aliphatic rings. The number of benzene rings is 2. The molecule has 0 aliphatic carbocycles. The maximum Gasteiger partial charge on any atom is 0.338 e. The second kappa shape index (κ2) is 7.50. The van der Waals surface area contributed by atoms with E-state index in [1.165, 1.54) is 5.56 Å². The van der Waals surface area contributed by atoms with Crippen LogP contribution in [0.25, 0.3) is 0 Å². The monoisotopic (exact) mass is 299 g/mol. The van der Waals surface area contributed by atoms with E-state index in [0.717, 1.165) is 12.0 Å². The number of aryl methyl sites for hydroxylation is 1. The molecule has 0 fully saturated rings. The highest BCUT2D eigenvalue weighted by Gasteiger charge is 2.10. The zero-order chi connectivity index (χ0) is 15.9. The Labute approximate surface area is 130 Å². The van der Waals surface area contributed by atoms with Gasteiger partial charge in [0.25, 0.3) is 0 Å². The predicted molar refractivity (Wildman–Crippen MR) is 86.9 cm³/mol. The minimum absolute atomic E-state index is 0.362. The molecule has 2 aromatic rings. The van der Waals surface area contributed by atoms with E-state index in [1.54, 1.807) is 18.2 Å². The minimum Gasteiger partial charge on any atom is -0.487 e. The fourth-order valence-corrected chi connectivity index (χ4v) is 1.93. The molecule has 0 bridgehead atoms. The molecule has 0 spiro atoms. The van der Waals surface area contributed by atoms with Gasteiger partial charge < -0.3 is 15.2 Å². The third-order valence-corrected chi connectivity index (χ3v) is 3.20. The van der Waals surface area contributed by atoms with Crippen molar-refractivity contribution >= 4 is 11.7 Å². The van der Waals surface area contributed by atoms with E-state index < -0.39 is 0 Å². The molecule has 0 aliphatic heterocycles. The fourth-order valence-electron chi connectivity index (χ4n) is 1.93. The zero-order valence-electron chi connectivity index (χ0n) is 13.0. The molecular formula is C18H21NO3. The van der Waals surface area contributed by atoms with Crippen molar-refractivity contribution in [1.29, 1.82) is 0 Å². The molecule has 2 N–H and O–H groups in total. The Morgan fingerprint density at radius 1 is 1.14 bits per heavy atom. The van der Waals surface area contributed by atoms with Crippen LogP contribution in [-0.4, -0.2) is 12.6 Å². The molecule has 0 aromatic heterocycles. The third-order valence-electron chi connectivity index (χ3n) is 3.20. The van der Waals surface area contributed by atoms with Crippen LogP contribution in [0.4, 0.5) is 5.69 Å². The number of hydrogen-bond donors (Lipinski definition) is 1. The van der Waals surface area contributed by atoms with Gasteiger partial charge in [0.05, 0.1) is 17.9 Å². The Morgan fingerprint density at radius 3 is 2.50 bits per heavy atom. The number of nitrogens with two attached hydrogens (primary N) is 1. The number of carbonyl (C=O) groups is 1. The molecule has 0 unspecified atom stereocenters. The first-order valence-electron chi connectivity index (χ1n) is 7.35. The molecular weight excluding hydrogens is 278 g/mol. The third kappa shape index (κ3) is 4.25. The van der Waals surface area contributed by atoms with Gasteiger partial charge in [-0.2, -0.15) is 0 Å². The van der Waals surface area contributed by atoms with E-state index in [4.69, 9.17) is 15.2 Å². The molecule has 0 saturated carbocycles. The molecule has 2 rings (SSSR count). The number of anilines is 1. The summed E-state index contributed by atoms with van der Waals surface area (Å²) in [6.07, 6.45) is 0.791. The number of ether oxygens (including phenoxy) is 2. The van der Waals surface area contributed by atoms with Gasteiger partial charge in [-0.25, -0.2) is 4.79 Å². The summed E-state index contributed by atoms with van der Waals surface area (Å²) in [5, 5.41) is 0. The van der Waals surface area contributed by atoms with Gasteiger partial charge >= 0.3 is 5.97 Å². The summed E-state index contributed by atoms with van der Waals surface area (Å²) in [7, 11) is 0. The van der Waals surface area contributed by atoms with E-state index in [2.05, 4.69) is 0 Å². The van der Waals surface area contributed by atoms with Gasteiger partial charge in [0.15, 0.2) is 0 Å². The van der Waals surface area contributed by atoms with Gasteiger partial charge in [-0.05, 0) is 37.1 Å². The lowest BCUT2D eigenvalue weighted by Crippen LogP contribution is -2.07. The van der Waals surface area contributed by atoms with Crippen molar-refractivity contribution in [2.24, 2.45) is 0 Å². The summed E-state index contributed by atoms with van der Waals surface area (Å²) in [4.78, 5) is 11.8. The minimum atomic E-state index is -0.362. The van der Waals surface area contributed by atoms with Crippen LogP contribution in [0.2, 0.25) is 0 Å². The van der Waals surface area contributed by atoms with Gasteiger partial charge in [0, 0.05) is 0 Å². The van der Waals surface area contributed by atoms with E-state index >= 15 is 0 Å². The number of esters is 1. The summed E-state index contributed by atoms with van der Waals surface area (Å²) in [6, 6.07) is 13.1. The Morgan fingerprint density at radius 2 is 1.86 bits per heavy atom. The highest BCUT2D eigenvalue weighted by molar-refractivity contribution is 5.91. The normalized spacial score (nSPS) is 10.3. The maximum atomic E-state index is 11.8. The van der Waals surface area contributed by atoms with Crippen LogP contribution in [0.5, 0.6) is 5.75 Å². The largest absolute Gasteiger partial charge is 0.487 e. The average molecular weight is 299 g/mol. The van der Waals surface area contributed by atoms with Crippen molar-refractivity contribution in [1.82, 2.24) is 0 Å². The van der Waals surface area contributed by atoms with Crippen LogP contribution in [0, 0.1) is 6.92 Å². The van der Waals surface area contributed by atoms with Crippen molar-refractivity contribution in [2.75, 3.05) is 12.3 Å². The van der Waals surface area contributed by atoms with Crippen LogP contribution in [0.1, 0.15) is 34.8 Å². The quantitative estimate of drug-likeness (QED) is 0.652. The van der Waals surface area contributed by atoms with E-state index in [0.29, 0.717) is 30.2 Å². The smallest absolute Gasteiger partial charge is 0.338 e. The summed E-state index contributed by atoms with van der Waals surface area (Å²) in [5.74, 6) is 0.200. The summed E-state index contributed by atoms with van der Waals surface area (Å²) in [6.45, 7) is 4.83.